The highest BCUT2D eigenvalue weighted by atomic mass is 19.1. The number of ether oxygens (including phenoxy) is 2. The molecular formula is C26H24FN5O3. The van der Waals surface area contributed by atoms with Gasteiger partial charge in [0.15, 0.2) is 17.3 Å². The first kappa shape index (κ1) is 22.5. The Labute approximate surface area is 201 Å². The summed E-state index contributed by atoms with van der Waals surface area (Å²) in [5.74, 6) is 1.15. The number of carbonyl (C=O) groups is 1. The van der Waals surface area contributed by atoms with E-state index in [4.69, 9.17) is 9.47 Å². The van der Waals surface area contributed by atoms with Gasteiger partial charge in [0.1, 0.15) is 5.82 Å². The molecule has 1 fully saturated rings. The lowest BCUT2D eigenvalue weighted by Gasteiger charge is -2.19. The van der Waals surface area contributed by atoms with Crippen LogP contribution in [-0.4, -0.2) is 40.8 Å². The fourth-order valence-corrected chi connectivity index (χ4v) is 4.45. The van der Waals surface area contributed by atoms with Crippen molar-refractivity contribution in [2.45, 2.75) is 25.2 Å². The molecule has 35 heavy (non-hydrogen) atoms. The number of amides is 1. The predicted molar refractivity (Wildman–Crippen MR) is 129 cm³/mol. The van der Waals surface area contributed by atoms with Gasteiger partial charge >= 0.3 is 0 Å². The number of aromatic amines is 1. The standard InChI is InChI=1S/C26H24FN5O3/c1-15-4-6-17(27)13-21(15)26(10-11-26)25(33)28-18-7-8-19(20(14-18)24-29-31-32-30-24)16-5-9-22(34-2)23(12-16)35-3/h4-9,12-14H,10-11H2,1-3H3,(H,28,33)(H,29,30,31,32). The summed E-state index contributed by atoms with van der Waals surface area (Å²) < 4.78 is 24.7. The highest BCUT2D eigenvalue weighted by Gasteiger charge is 2.52. The lowest BCUT2D eigenvalue weighted by molar-refractivity contribution is -0.118. The molecule has 1 aliphatic carbocycles. The Kier molecular flexibility index (Phi) is 5.68. The van der Waals surface area contributed by atoms with Gasteiger partial charge in [-0.1, -0.05) is 18.2 Å². The molecule has 0 aliphatic heterocycles. The Hall–Kier alpha value is -4.27. The number of methoxy groups -OCH3 is 2. The molecular weight excluding hydrogens is 449 g/mol. The first-order chi connectivity index (χ1) is 16.9. The number of H-pyrrole nitrogens is 1. The van der Waals surface area contributed by atoms with Crippen molar-refractivity contribution in [1.82, 2.24) is 20.6 Å². The number of benzene rings is 3. The summed E-state index contributed by atoms with van der Waals surface area (Å²) in [4.78, 5) is 13.4. The maximum absolute atomic E-state index is 13.9. The van der Waals surface area contributed by atoms with Crippen LogP contribution in [0.15, 0.2) is 54.6 Å². The van der Waals surface area contributed by atoms with Crippen molar-refractivity contribution >= 4 is 11.6 Å². The molecule has 5 rings (SSSR count). The lowest BCUT2D eigenvalue weighted by atomic mass is 9.90. The van der Waals surface area contributed by atoms with Crippen LogP contribution in [-0.2, 0) is 10.2 Å². The van der Waals surface area contributed by atoms with Gasteiger partial charge in [0.05, 0.1) is 19.6 Å². The minimum absolute atomic E-state index is 0.160. The van der Waals surface area contributed by atoms with E-state index in [1.807, 2.05) is 43.3 Å². The van der Waals surface area contributed by atoms with Gasteiger partial charge in [0, 0.05) is 11.3 Å². The second-order valence-corrected chi connectivity index (χ2v) is 8.58. The zero-order valence-corrected chi connectivity index (χ0v) is 19.6. The molecule has 0 bridgehead atoms. The van der Waals surface area contributed by atoms with Gasteiger partial charge in [-0.15, -0.1) is 5.10 Å². The molecule has 0 spiro atoms. The molecule has 1 aromatic heterocycles. The normalized spacial score (nSPS) is 13.8. The largest absolute Gasteiger partial charge is 0.493 e. The smallest absolute Gasteiger partial charge is 0.235 e. The highest BCUT2D eigenvalue weighted by molar-refractivity contribution is 6.02. The minimum atomic E-state index is -0.720. The van der Waals surface area contributed by atoms with Crippen molar-refractivity contribution in [3.8, 4) is 34.0 Å². The Balaban J connectivity index is 1.51. The van der Waals surface area contributed by atoms with E-state index in [0.717, 1.165) is 22.3 Å². The number of hydrogen-bond donors (Lipinski definition) is 2. The summed E-state index contributed by atoms with van der Waals surface area (Å²) in [7, 11) is 3.16. The highest BCUT2D eigenvalue weighted by Crippen LogP contribution is 2.50. The molecule has 3 aromatic carbocycles. The summed E-state index contributed by atoms with van der Waals surface area (Å²) in [6.07, 6.45) is 1.34. The molecule has 0 radical (unpaired) electrons. The predicted octanol–water partition coefficient (Wildman–Crippen LogP) is 4.67. The van der Waals surface area contributed by atoms with Crippen LogP contribution in [0, 0.1) is 12.7 Å². The van der Waals surface area contributed by atoms with E-state index in [2.05, 4.69) is 25.9 Å². The van der Waals surface area contributed by atoms with Crippen LogP contribution < -0.4 is 14.8 Å². The van der Waals surface area contributed by atoms with Crippen molar-refractivity contribution in [1.29, 1.82) is 0 Å². The third-order valence-corrected chi connectivity index (χ3v) is 6.47. The van der Waals surface area contributed by atoms with Crippen LogP contribution >= 0.6 is 0 Å². The third kappa shape index (κ3) is 4.09. The molecule has 0 saturated heterocycles. The van der Waals surface area contributed by atoms with Crippen LogP contribution in [0.2, 0.25) is 0 Å². The minimum Gasteiger partial charge on any atom is -0.493 e. The van der Waals surface area contributed by atoms with Gasteiger partial charge in [-0.05, 0) is 88.8 Å². The number of nitrogens with zero attached hydrogens (tertiary/aromatic N) is 3. The maximum Gasteiger partial charge on any atom is 0.235 e. The first-order valence-corrected chi connectivity index (χ1v) is 11.1. The Morgan fingerprint density at radius 2 is 1.80 bits per heavy atom. The van der Waals surface area contributed by atoms with Gasteiger partial charge in [-0.25, -0.2) is 9.49 Å². The van der Waals surface area contributed by atoms with Crippen LogP contribution in [0.25, 0.3) is 22.5 Å². The number of nitrogens with one attached hydrogen (secondary N) is 2. The van der Waals surface area contributed by atoms with Crippen LogP contribution in [0.3, 0.4) is 0 Å². The van der Waals surface area contributed by atoms with Gasteiger partial charge in [-0.3, -0.25) is 4.79 Å². The van der Waals surface area contributed by atoms with Crippen LogP contribution in [0.5, 0.6) is 11.5 Å². The zero-order valence-electron chi connectivity index (χ0n) is 19.6. The molecule has 8 nitrogen and oxygen atoms in total. The molecule has 1 saturated carbocycles. The summed E-state index contributed by atoms with van der Waals surface area (Å²) in [6.45, 7) is 1.90. The second kappa shape index (κ2) is 8.83. The Morgan fingerprint density at radius 3 is 2.49 bits per heavy atom. The molecule has 1 heterocycles. The number of rotatable bonds is 7. The van der Waals surface area contributed by atoms with Gasteiger partial charge in [-0.2, -0.15) is 0 Å². The van der Waals surface area contributed by atoms with E-state index in [-0.39, 0.29) is 11.7 Å². The molecule has 0 unspecified atom stereocenters. The van der Waals surface area contributed by atoms with Crippen molar-refractivity contribution in [3.05, 3.63) is 71.5 Å². The molecule has 178 valence electrons. The van der Waals surface area contributed by atoms with Crippen molar-refractivity contribution in [2.24, 2.45) is 0 Å². The van der Waals surface area contributed by atoms with E-state index >= 15 is 0 Å². The van der Waals surface area contributed by atoms with E-state index in [1.54, 1.807) is 20.3 Å². The molecule has 1 amide bonds. The SMILES string of the molecule is COc1ccc(-c2ccc(NC(=O)C3(c4cc(F)ccc4C)CC3)cc2-c2nnn[nH]2)cc1OC. The van der Waals surface area contributed by atoms with Gasteiger partial charge in [0.2, 0.25) is 5.91 Å². The van der Waals surface area contributed by atoms with E-state index in [9.17, 15) is 9.18 Å². The van der Waals surface area contributed by atoms with Gasteiger partial charge < -0.3 is 14.8 Å². The average molecular weight is 474 g/mol. The summed E-state index contributed by atoms with van der Waals surface area (Å²) in [6, 6.07) is 15.7. The first-order valence-electron chi connectivity index (χ1n) is 11.1. The fraction of sp³-hybridized carbons (Fsp3) is 0.231. The number of hydrogen-bond acceptors (Lipinski definition) is 6. The third-order valence-electron chi connectivity index (χ3n) is 6.47. The summed E-state index contributed by atoms with van der Waals surface area (Å²) >= 11 is 0. The van der Waals surface area contributed by atoms with Crippen molar-refractivity contribution in [2.75, 3.05) is 19.5 Å². The number of tetrazole rings is 1. The number of halogens is 1. The maximum atomic E-state index is 13.9. The van der Waals surface area contributed by atoms with Crippen LogP contribution in [0.1, 0.15) is 24.0 Å². The number of aromatic nitrogens is 4. The van der Waals surface area contributed by atoms with Crippen molar-refractivity contribution < 1.29 is 18.7 Å². The van der Waals surface area contributed by atoms with Crippen molar-refractivity contribution in [3.63, 3.8) is 0 Å². The van der Waals surface area contributed by atoms with Gasteiger partial charge in [0.25, 0.3) is 0 Å². The molecule has 0 atom stereocenters. The lowest BCUT2D eigenvalue weighted by Crippen LogP contribution is -2.28. The number of carbonyl (C=O) groups excluding carboxylic acids is 1. The molecule has 9 heteroatoms. The number of aryl methyl sites for hydroxylation is 1. The van der Waals surface area contributed by atoms with E-state index < -0.39 is 5.41 Å². The molecule has 2 N–H and O–H groups in total. The second-order valence-electron chi connectivity index (χ2n) is 8.58. The Bertz CT molecular complexity index is 1400. The quantitative estimate of drug-likeness (QED) is 0.405. The zero-order chi connectivity index (χ0) is 24.6. The topological polar surface area (TPSA) is 102 Å². The molecule has 4 aromatic rings. The molecule has 1 aliphatic rings. The average Bonchev–Trinajstić information content (AvgIpc) is 3.50. The van der Waals surface area contributed by atoms with Crippen LogP contribution in [0.4, 0.5) is 10.1 Å². The number of anilines is 1. The van der Waals surface area contributed by atoms with E-state index in [1.165, 1.54) is 12.1 Å². The van der Waals surface area contributed by atoms with E-state index in [0.29, 0.717) is 41.4 Å². The summed E-state index contributed by atoms with van der Waals surface area (Å²) in [5.41, 5.74) is 3.90. The fourth-order valence-electron chi connectivity index (χ4n) is 4.45. The monoisotopic (exact) mass is 473 g/mol. The summed E-state index contributed by atoms with van der Waals surface area (Å²) in [5, 5.41) is 17.3. The Morgan fingerprint density at radius 1 is 1.00 bits per heavy atom.